The Balaban J connectivity index is 2.91. The smallest absolute Gasteiger partial charge is 0.323 e. The van der Waals surface area contributed by atoms with Crippen LogP contribution < -0.4 is 0 Å². The number of nitrogens with zero attached hydrogens (tertiary/aromatic N) is 1. The molecule has 1 aliphatic rings. The van der Waals surface area contributed by atoms with Crippen molar-refractivity contribution in [3.8, 4) is 0 Å². The van der Waals surface area contributed by atoms with Crippen LogP contribution in [-0.2, 0) is 14.8 Å². The molecule has 1 rings (SSSR count). The Morgan fingerprint density at radius 3 is 2.21 bits per heavy atom. The number of carboxylic acid groups (broad SMARTS) is 1. The summed E-state index contributed by atoms with van der Waals surface area (Å²) in [4.78, 5) is 11.0. The van der Waals surface area contributed by atoms with E-state index in [-0.39, 0.29) is 6.04 Å². The molecule has 0 amide bonds. The van der Waals surface area contributed by atoms with E-state index in [0.717, 1.165) is 32.1 Å². The van der Waals surface area contributed by atoms with Gasteiger partial charge in [-0.1, -0.05) is 26.7 Å². The molecular weight excluding hydrogens is 266 g/mol. The number of aliphatic carboxylic acids is 1. The molecule has 1 saturated carbocycles. The fraction of sp³-hybridized carbons (Fsp3) is 0.923. The second-order valence-corrected chi connectivity index (χ2v) is 7.96. The third-order valence-corrected chi connectivity index (χ3v) is 6.01. The van der Waals surface area contributed by atoms with Crippen LogP contribution in [0.1, 0.15) is 52.9 Å². The first-order chi connectivity index (χ1) is 8.76. The number of carboxylic acids is 1. The zero-order valence-electron chi connectivity index (χ0n) is 12.0. The minimum absolute atomic E-state index is 0.00875. The average Bonchev–Trinajstić information content (AvgIpc) is 2.80. The van der Waals surface area contributed by atoms with Crippen molar-refractivity contribution in [3.63, 3.8) is 0 Å². The number of hydrogen-bond donors (Lipinski definition) is 1. The summed E-state index contributed by atoms with van der Waals surface area (Å²) < 4.78 is 26.3. The van der Waals surface area contributed by atoms with Crippen LogP contribution >= 0.6 is 0 Å². The Hall–Kier alpha value is -0.620. The lowest BCUT2D eigenvalue weighted by atomic mass is 10.1. The maximum atomic E-state index is 12.4. The number of rotatable bonds is 7. The quantitative estimate of drug-likeness (QED) is 0.779. The molecule has 19 heavy (non-hydrogen) atoms. The molecule has 1 atom stereocenters. The molecule has 0 aliphatic heterocycles. The normalized spacial score (nSPS) is 19.2. The van der Waals surface area contributed by atoms with Crippen molar-refractivity contribution in [1.29, 1.82) is 0 Å². The maximum absolute atomic E-state index is 12.4. The van der Waals surface area contributed by atoms with Crippen LogP contribution in [0.5, 0.6) is 0 Å². The fourth-order valence-corrected chi connectivity index (χ4v) is 4.07. The molecule has 0 aromatic rings. The van der Waals surface area contributed by atoms with Crippen molar-refractivity contribution in [2.75, 3.05) is 6.54 Å². The molecule has 1 unspecified atom stereocenters. The Labute approximate surface area is 116 Å². The molecule has 0 spiro atoms. The highest BCUT2D eigenvalue weighted by Crippen LogP contribution is 2.28. The van der Waals surface area contributed by atoms with E-state index in [4.69, 9.17) is 5.11 Å². The third kappa shape index (κ3) is 4.18. The van der Waals surface area contributed by atoms with Crippen LogP contribution in [0, 0.1) is 5.92 Å². The largest absolute Gasteiger partial charge is 0.480 e. The molecule has 1 fully saturated rings. The summed E-state index contributed by atoms with van der Waals surface area (Å²) >= 11 is 0. The molecule has 112 valence electrons. The van der Waals surface area contributed by atoms with Gasteiger partial charge in [0.15, 0.2) is 5.25 Å². The molecule has 0 radical (unpaired) electrons. The molecule has 0 aromatic heterocycles. The van der Waals surface area contributed by atoms with Crippen molar-refractivity contribution in [3.05, 3.63) is 0 Å². The summed E-state index contributed by atoms with van der Waals surface area (Å²) in [5.41, 5.74) is 0. The van der Waals surface area contributed by atoms with Crippen LogP contribution in [0.25, 0.3) is 0 Å². The van der Waals surface area contributed by atoms with Crippen LogP contribution in [0.3, 0.4) is 0 Å². The van der Waals surface area contributed by atoms with Gasteiger partial charge in [-0.05, 0) is 32.1 Å². The Morgan fingerprint density at radius 1 is 1.26 bits per heavy atom. The van der Waals surface area contributed by atoms with Gasteiger partial charge < -0.3 is 5.11 Å². The molecular formula is C13H25NO4S. The predicted octanol–water partition coefficient (Wildman–Crippen LogP) is 2.08. The predicted molar refractivity (Wildman–Crippen MR) is 74.4 cm³/mol. The second kappa shape index (κ2) is 6.70. The number of carbonyl (C=O) groups is 1. The SMILES string of the molecule is CC(C)CCN(C1CCCC1)S(=O)(=O)C(C)C(=O)O. The van der Waals surface area contributed by atoms with Crippen LogP contribution in [0.4, 0.5) is 0 Å². The summed E-state index contributed by atoms with van der Waals surface area (Å²) in [5.74, 6) is -0.869. The van der Waals surface area contributed by atoms with Gasteiger partial charge in [0.05, 0.1) is 0 Å². The van der Waals surface area contributed by atoms with Crippen LogP contribution in [0.2, 0.25) is 0 Å². The minimum atomic E-state index is -3.75. The van der Waals surface area contributed by atoms with Gasteiger partial charge >= 0.3 is 5.97 Å². The molecule has 0 bridgehead atoms. The van der Waals surface area contributed by atoms with Crippen LogP contribution in [-0.4, -0.2) is 41.6 Å². The van der Waals surface area contributed by atoms with E-state index in [1.165, 1.54) is 11.2 Å². The van der Waals surface area contributed by atoms with Crippen molar-refractivity contribution < 1.29 is 18.3 Å². The van der Waals surface area contributed by atoms with E-state index >= 15 is 0 Å². The molecule has 0 heterocycles. The number of hydrogen-bond acceptors (Lipinski definition) is 3. The second-order valence-electron chi connectivity index (χ2n) is 5.76. The number of sulfonamides is 1. The summed E-state index contributed by atoms with van der Waals surface area (Å²) in [7, 11) is -3.75. The van der Waals surface area contributed by atoms with Gasteiger partial charge in [0.2, 0.25) is 10.0 Å². The summed E-state index contributed by atoms with van der Waals surface area (Å²) in [5, 5.41) is 7.62. The van der Waals surface area contributed by atoms with Gasteiger partial charge in [0.1, 0.15) is 0 Å². The van der Waals surface area contributed by atoms with E-state index in [9.17, 15) is 13.2 Å². The molecule has 6 heteroatoms. The van der Waals surface area contributed by atoms with E-state index in [0.29, 0.717) is 12.5 Å². The topological polar surface area (TPSA) is 74.7 Å². The summed E-state index contributed by atoms with van der Waals surface area (Å²) in [6, 6.07) is -0.00875. The summed E-state index contributed by atoms with van der Waals surface area (Å²) in [6.07, 6.45) is 4.52. The summed E-state index contributed by atoms with van der Waals surface area (Å²) in [6.45, 7) is 5.78. The fourth-order valence-electron chi connectivity index (χ4n) is 2.43. The van der Waals surface area contributed by atoms with E-state index in [1.807, 2.05) is 13.8 Å². The van der Waals surface area contributed by atoms with E-state index in [1.54, 1.807) is 0 Å². The van der Waals surface area contributed by atoms with Gasteiger partial charge in [-0.3, -0.25) is 4.79 Å². The monoisotopic (exact) mass is 291 g/mol. The van der Waals surface area contributed by atoms with Crippen LogP contribution in [0.15, 0.2) is 0 Å². The standard InChI is InChI=1S/C13H25NO4S/c1-10(2)8-9-14(12-6-4-5-7-12)19(17,18)11(3)13(15)16/h10-12H,4-9H2,1-3H3,(H,15,16). The molecule has 1 N–H and O–H groups in total. The third-order valence-electron chi connectivity index (χ3n) is 3.78. The molecule has 1 aliphatic carbocycles. The van der Waals surface area contributed by atoms with E-state index < -0.39 is 21.2 Å². The lowest BCUT2D eigenvalue weighted by molar-refractivity contribution is -0.136. The van der Waals surface area contributed by atoms with Crippen molar-refractivity contribution >= 4 is 16.0 Å². The first-order valence-corrected chi connectivity index (χ1v) is 8.50. The Kier molecular flexibility index (Phi) is 5.80. The highest BCUT2D eigenvalue weighted by atomic mass is 32.2. The zero-order chi connectivity index (χ0) is 14.6. The van der Waals surface area contributed by atoms with Gasteiger partial charge in [-0.15, -0.1) is 0 Å². The zero-order valence-corrected chi connectivity index (χ0v) is 12.8. The maximum Gasteiger partial charge on any atom is 0.323 e. The van der Waals surface area contributed by atoms with E-state index in [2.05, 4.69) is 0 Å². The molecule has 0 saturated heterocycles. The highest BCUT2D eigenvalue weighted by Gasteiger charge is 2.38. The molecule has 5 nitrogen and oxygen atoms in total. The lowest BCUT2D eigenvalue weighted by Crippen LogP contribution is -2.46. The van der Waals surface area contributed by atoms with Crippen molar-refractivity contribution in [2.45, 2.75) is 64.2 Å². The minimum Gasteiger partial charge on any atom is -0.480 e. The van der Waals surface area contributed by atoms with Gasteiger partial charge in [-0.2, -0.15) is 4.31 Å². The highest BCUT2D eigenvalue weighted by molar-refractivity contribution is 7.90. The lowest BCUT2D eigenvalue weighted by Gasteiger charge is -2.30. The van der Waals surface area contributed by atoms with Gasteiger partial charge in [-0.25, -0.2) is 8.42 Å². The van der Waals surface area contributed by atoms with Crippen molar-refractivity contribution in [1.82, 2.24) is 4.31 Å². The Morgan fingerprint density at radius 2 is 1.79 bits per heavy atom. The van der Waals surface area contributed by atoms with Crippen molar-refractivity contribution in [2.24, 2.45) is 5.92 Å². The van der Waals surface area contributed by atoms with Gasteiger partial charge in [0, 0.05) is 12.6 Å². The van der Waals surface area contributed by atoms with Gasteiger partial charge in [0.25, 0.3) is 0 Å². The average molecular weight is 291 g/mol. The Bertz CT molecular complexity index is 399. The first-order valence-electron chi connectivity index (χ1n) is 7.00. The first kappa shape index (κ1) is 16.4. The molecule has 0 aromatic carbocycles.